The molecule has 0 amide bonds. The van der Waals surface area contributed by atoms with Gasteiger partial charge in [0.2, 0.25) is 10.0 Å². The van der Waals surface area contributed by atoms with Gasteiger partial charge in [-0.25, -0.2) is 23.1 Å². The number of anilines is 1. The molecule has 1 aliphatic heterocycles. The summed E-state index contributed by atoms with van der Waals surface area (Å²) in [7, 11) is -2.07. The van der Waals surface area contributed by atoms with Gasteiger partial charge in [-0.05, 0) is 24.7 Å². The number of piperazine rings is 1. The van der Waals surface area contributed by atoms with Crippen LogP contribution in [0, 0.1) is 0 Å². The monoisotopic (exact) mass is 522 g/mol. The summed E-state index contributed by atoms with van der Waals surface area (Å²) in [4.78, 5) is 13.3. The van der Waals surface area contributed by atoms with E-state index in [-0.39, 0.29) is 28.9 Å². The number of nitrogens with two attached hydrogens (primary N) is 1. The van der Waals surface area contributed by atoms with E-state index in [0.717, 1.165) is 36.9 Å². The summed E-state index contributed by atoms with van der Waals surface area (Å²) in [5.41, 5.74) is 6.92. The van der Waals surface area contributed by atoms with Crippen LogP contribution in [0.4, 0.5) is 5.13 Å². The molecule has 0 aliphatic carbocycles. The lowest BCUT2D eigenvalue weighted by molar-refractivity contribution is 0.380. The number of halogens is 1. The van der Waals surface area contributed by atoms with Gasteiger partial charge in [-0.2, -0.15) is 0 Å². The molecule has 3 rings (SSSR count). The first kappa shape index (κ1) is 21.9. The van der Waals surface area contributed by atoms with Crippen molar-refractivity contribution in [3.8, 4) is 0 Å². The summed E-state index contributed by atoms with van der Waals surface area (Å²) in [6.45, 7) is 3.59. The first-order chi connectivity index (χ1) is 12.5. The minimum atomic E-state index is -3.46. The Balaban J connectivity index is 0.00000261. The first-order valence-electron chi connectivity index (χ1n) is 8.21. The second-order valence-electron chi connectivity index (χ2n) is 5.82. The summed E-state index contributed by atoms with van der Waals surface area (Å²) in [6, 6.07) is 6.72. The van der Waals surface area contributed by atoms with E-state index in [0.29, 0.717) is 12.5 Å². The largest absolute Gasteiger partial charge is 0.370 e. The van der Waals surface area contributed by atoms with Gasteiger partial charge in [-0.3, -0.25) is 0 Å². The lowest BCUT2D eigenvalue weighted by Gasteiger charge is -2.35. The van der Waals surface area contributed by atoms with Crippen molar-refractivity contribution in [3.05, 3.63) is 41.4 Å². The molecule has 8 nitrogen and oxygen atoms in total. The number of guanidine groups is 1. The quantitative estimate of drug-likeness (QED) is 0.349. The van der Waals surface area contributed by atoms with Crippen LogP contribution in [-0.2, 0) is 16.6 Å². The molecule has 3 N–H and O–H groups in total. The predicted molar refractivity (Wildman–Crippen MR) is 119 cm³/mol. The van der Waals surface area contributed by atoms with Crippen LogP contribution in [0.2, 0.25) is 0 Å². The van der Waals surface area contributed by atoms with Crippen LogP contribution >= 0.6 is 35.3 Å². The molecule has 2 heterocycles. The lowest BCUT2D eigenvalue weighted by atomic mass is 10.2. The minimum Gasteiger partial charge on any atom is -0.370 e. The van der Waals surface area contributed by atoms with E-state index in [4.69, 9.17) is 5.73 Å². The average molecular weight is 522 g/mol. The topological polar surface area (TPSA) is 104 Å². The number of aromatic nitrogens is 1. The van der Waals surface area contributed by atoms with Crippen LogP contribution in [0.3, 0.4) is 0 Å². The van der Waals surface area contributed by atoms with Gasteiger partial charge < -0.3 is 15.5 Å². The Hall–Kier alpha value is -1.44. The van der Waals surface area contributed by atoms with Crippen LogP contribution in [0.5, 0.6) is 0 Å². The van der Waals surface area contributed by atoms with Crippen molar-refractivity contribution in [2.24, 2.45) is 10.7 Å². The standard InChI is InChI=1S/C16H22N6O2S2.HI/c1-18-26(23,24)14-4-2-3-13(11-14)12-20-15(17)21-6-8-22(9-7-21)16-19-5-10-25-16;/h2-5,10-11,18H,6-9,12H2,1H3,(H2,17,20);1H. The van der Waals surface area contributed by atoms with E-state index in [1.807, 2.05) is 22.5 Å². The number of thiazole rings is 1. The molecular weight excluding hydrogens is 499 g/mol. The Morgan fingerprint density at radius 3 is 2.70 bits per heavy atom. The molecular formula is C16H23IN6O2S2. The molecule has 0 unspecified atom stereocenters. The molecule has 27 heavy (non-hydrogen) atoms. The van der Waals surface area contributed by atoms with E-state index in [1.54, 1.807) is 29.5 Å². The van der Waals surface area contributed by atoms with E-state index in [1.165, 1.54) is 7.05 Å². The van der Waals surface area contributed by atoms with Crippen LogP contribution in [0.15, 0.2) is 45.7 Å². The van der Waals surface area contributed by atoms with Crippen molar-refractivity contribution in [2.75, 3.05) is 38.1 Å². The van der Waals surface area contributed by atoms with Gasteiger partial charge in [0.1, 0.15) is 0 Å². The molecule has 148 valence electrons. The maximum Gasteiger partial charge on any atom is 0.240 e. The Labute approximate surface area is 180 Å². The SMILES string of the molecule is CNS(=O)(=O)c1cccc(CN=C(N)N2CCN(c3nccs3)CC2)c1.I. The molecule has 11 heteroatoms. The third-order valence-electron chi connectivity index (χ3n) is 4.19. The van der Waals surface area contributed by atoms with Crippen molar-refractivity contribution < 1.29 is 8.42 Å². The zero-order chi connectivity index (χ0) is 18.6. The van der Waals surface area contributed by atoms with Gasteiger partial charge in [-0.15, -0.1) is 35.3 Å². The number of hydrogen-bond acceptors (Lipinski definition) is 6. The number of aliphatic imine (C=N–C) groups is 1. The van der Waals surface area contributed by atoms with Crippen LogP contribution < -0.4 is 15.4 Å². The highest BCUT2D eigenvalue weighted by molar-refractivity contribution is 14.0. The van der Waals surface area contributed by atoms with Crippen LogP contribution in [0.25, 0.3) is 0 Å². The van der Waals surface area contributed by atoms with Crippen molar-refractivity contribution in [3.63, 3.8) is 0 Å². The van der Waals surface area contributed by atoms with Gasteiger partial charge in [0.05, 0.1) is 11.4 Å². The van der Waals surface area contributed by atoms with Crippen molar-refractivity contribution in [1.82, 2.24) is 14.6 Å². The lowest BCUT2D eigenvalue weighted by Crippen LogP contribution is -2.51. The first-order valence-corrected chi connectivity index (χ1v) is 10.6. The third-order valence-corrected chi connectivity index (χ3v) is 6.44. The molecule has 1 aromatic heterocycles. The highest BCUT2D eigenvalue weighted by Crippen LogP contribution is 2.19. The summed E-state index contributed by atoms with van der Waals surface area (Å²) < 4.78 is 26.1. The third kappa shape index (κ3) is 5.53. The predicted octanol–water partition coefficient (Wildman–Crippen LogP) is 1.31. The zero-order valence-corrected chi connectivity index (χ0v) is 18.9. The number of sulfonamides is 1. The molecule has 0 bridgehead atoms. The second kappa shape index (κ2) is 9.66. The van der Waals surface area contributed by atoms with Crippen molar-refractivity contribution in [2.45, 2.75) is 11.4 Å². The van der Waals surface area contributed by atoms with Crippen LogP contribution in [-0.4, -0.2) is 57.5 Å². The van der Waals surface area contributed by atoms with Gasteiger partial charge in [0.15, 0.2) is 11.1 Å². The van der Waals surface area contributed by atoms with E-state index < -0.39 is 10.0 Å². The molecule has 0 saturated carbocycles. The highest BCUT2D eigenvalue weighted by atomic mass is 127. The number of rotatable bonds is 5. The van der Waals surface area contributed by atoms with Crippen molar-refractivity contribution in [1.29, 1.82) is 0 Å². The summed E-state index contributed by atoms with van der Waals surface area (Å²) in [5, 5.41) is 3.00. The molecule has 1 saturated heterocycles. The van der Waals surface area contributed by atoms with E-state index in [9.17, 15) is 8.42 Å². The normalized spacial score (nSPS) is 15.5. The molecule has 2 aromatic rings. The zero-order valence-electron chi connectivity index (χ0n) is 14.9. The Kier molecular flexibility index (Phi) is 7.82. The molecule has 1 fully saturated rings. The number of nitrogens with one attached hydrogen (secondary N) is 1. The fourth-order valence-corrected chi connectivity index (χ4v) is 4.20. The number of benzene rings is 1. The highest BCUT2D eigenvalue weighted by Gasteiger charge is 2.19. The molecule has 1 aromatic carbocycles. The average Bonchev–Trinajstić information content (AvgIpc) is 3.21. The van der Waals surface area contributed by atoms with Gasteiger partial charge in [-0.1, -0.05) is 12.1 Å². The molecule has 0 spiro atoms. The summed E-state index contributed by atoms with van der Waals surface area (Å²) >= 11 is 1.63. The number of nitrogens with zero attached hydrogens (tertiary/aromatic N) is 4. The maximum absolute atomic E-state index is 11.9. The molecule has 1 aliphatic rings. The number of hydrogen-bond donors (Lipinski definition) is 2. The minimum absolute atomic E-state index is 0. The van der Waals surface area contributed by atoms with E-state index >= 15 is 0 Å². The fraction of sp³-hybridized carbons (Fsp3) is 0.375. The van der Waals surface area contributed by atoms with Gasteiger partial charge in [0, 0.05) is 37.8 Å². The van der Waals surface area contributed by atoms with Gasteiger partial charge in [0.25, 0.3) is 0 Å². The van der Waals surface area contributed by atoms with E-state index in [2.05, 4.69) is 19.6 Å². The smallest absolute Gasteiger partial charge is 0.240 e. The Morgan fingerprint density at radius 2 is 2.07 bits per heavy atom. The van der Waals surface area contributed by atoms with Crippen molar-refractivity contribution >= 4 is 56.4 Å². The summed E-state index contributed by atoms with van der Waals surface area (Å²) in [6.07, 6.45) is 1.81. The van der Waals surface area contributed by atoms with Crippen LogP contribution in [0.1, 0.15) is 5.56 Å². The Morgan fingerprint density at radius 1 is 1.33 bits per heavy atom. The maximum atomic E-state index is 11.9. The van der Waals surface area contributed by atoms with Gasteiger partial charge >= 0.3 is 0 Å². The summed E-state index contributed by atoms with van der Waals surface area (Å²) in [5.74, 6) is 0.477. The second-order valence-corrected chi connectivity index (χ2v) is 8.58. The molecule has 0 radical (unpaired) electrons. The molecule has 0 atom stereocenters. The fourth-order valence-electron chi connectivity index (χ4n) is 2.70. The Bertz CT molecular complexity index is 865.